The molecular formula is C33H30N2O6S. The molecule has 6 rings (SSSR count). The second kappa shape index (κ2) is 12.1. The Morgan fingerprint density at radius 1 is 0.833 bits per heavy atom. The average Bonchev–Trinajstić information content (AvgIpc) is 3.26. The van der Waals surface area contributed by atoms with E-state index in [1.54, 1.807) is 36.4 Å². The van der Waals surface area contributed by atoms with Crippen molar-refractivity contribution in [3.8, 4) is 0 Å². The van der Waals surface area contributed by atoms with Gasteiger partial charge in [-0.15, -0.1) is 0 Å². The lowest BCUT2D eigenvalue weighted by Crippen LogP contribution is -2.39. The van der Waals surface area contributed by atoms with E-state index in [4.69, 9.17) is 9.47 Å². The Morgan fingerprint density at radius 3 is 2.10 bits per heavy atom. The number of hydrogen-bond donors (Lipinski definition) is 1. The van der Waals surface area contributed by atoms with Gasteiger partial charge in [0.15, 0.2) is 12.5 Å². The molecule has 1 saturated heterocycles. The van der Waals surface area contributed by atoms with Gasteiger partial charge in [-0.05, 0) is 34.9 Å². The lowest BCUT2D eigenvalue weighted by Gasteiger charge is -2.41. The molecule has 8 nitrogen and oxygen atoms in total. The standard InChI is InChI=1S/C33H30N2O6S/c1-21-28(20-42-29-8-4-5-17-35(29)39)40-33(41-30(21)24-13-11-23(19-36)12-14-24)25-15-9-22(10-16-25)18-34-31(37)26-6-2-3-7-27(26)32(34)38/h2-17,21,28,30,33,36H,18-20H2,1H3/t21-,28+,30+,33+/m0/s1. The van der Waals surface area contributed by atoms with Gasteiger partial charge in [0.1, 0.15) is 0 Å². The number of pyridine rings is 1. The summed E-state index contributed by atoms with van der Waals surface area (Å²) in [6.07, 6.45) is 0.302. The molecule has 42 heavy (non-hydrogen) atoms. The molecule has 3 aromatic carbocycles. The van der Waals surface area contributed by atoms with E-state index in [2.05, 4.69) is 6.92 Å². The number of ether oxygens (including phenoxy) is 2. The van der Waals surface area contributed by atoms with Gasteiger partial charge in [0.25, 0.3) is 16.8 Å². The van der Waals surface area contributed by atoms with Crippen molar-refractivity contribution in [2.24, 2.45) is 5.92 Å². The van der Waals surface area contributed by atoms with Crippen molar-refractivity contribution in [1.82, 2.24) is 4.90 Å². The minimum Gasteiger partial charge on any atom is -0.618 e. The quantitative estimate of drug-likeness (QED) is 0.132. The van der Waals surface area contributed by atoms with E-state index >= 15 is 0 Å². The first-order valence-corrected chi connectivity index (χ1v) is 14.8. The van der Waals surface area contributed by atoms with Gasteiger partial charge in [0, 0.05) is 29.4 Å². The summed E-state index contributed by atoms with van der Waals surface area (Å²) < 4.78 is 13.9. The summed E-state index contributed by atoms with van der Waals surface area (Å²) in [7, 11) is 0. The Morgan fingerprint density at radius 2 is 1.45 bits per heavy atom. The Bertz CT molecular complexity index is 1560. The van der Waals surface area contributed by atoms with Crippen LogP contribution in [-0.4, -0.2) is 33.7 Å². The minimum atomic E-state index is -0.669. The summed E-state index contributed by atoms with van der Waals surface area (Å²) in [5.41, 5.74) is 4.27. The predicted molar refractivity (Wildman–Crippen MR) is 156 cm³/mol. The van der Waals surface area contributed by atoms with Gasteiger partial charge in [-0.2, -0.15) is 4.73 Å². The van der Waals surface area contributed by atoms with E-state index in [0.717, 1.165) is 27.0 Å². The number of carbonyl (C=O) groups is 2. The molecular weight excluding hydrogens is 552 g/mol. The van der Waals surface area contributed by atoms with Crippen LogP contribution in [-0.2, 0) is 22.6 Å². The van der Waals surface area contributed by atoms with Crippen LogP contribution in [0.3, 0.4) is 0 Å². The fourth-order valence-corrected chi connectivity index (χ4v) is 6.43. The van der Waals surface area contributed by atoms with Gasteiger partial charge in [-0.1, -0.05) is 79.3 Å². The van der Waals surface area contributed by atoms with E-state index < -0.39 is 6.29 Å². The van der Waals surface area contributed by atoms with Crippen LogP contribution in [0.5, 0.6) is 0 Å². The van der Waals surface area contributed by atoms with Crippen LogP contribution in [0.2, 0.25) is 0 Å². The first kappa shape index (κ1) is 28.1. The summed E-state index contributed by atoms with van der Waals surface area (Å²) >= 11 is 1.44. The van der Waals surface area contributed by atoms with Gasteiger partial charge < -0.3 is 19.8 Å². The number of aromatic nitrogens is 1. The molecule has 0 bridgehead atoms. The zero-order valence-electron chi connectivity index (χ0n) is 23.0. The molecule has 0 aliphatic carbocycles. The van der Waals surface area contributed by atoms with E-state index in [1.807, 2.05) is 54.6 Å². The molecule has 214 valence electrons. The van der Waals surface area contributed by atoms with Crippen LogP contribution in [0, 0.1) is 11.1 Å². The molecule has 9 heteroatoms. The fourth-order valence-electron chi connectivity index (χ4n) is 5.35. The molecule has 2 amide bonds. The number of aliphatic hydroxyl groups excluding tert-OH is 1. The maximum Gasteiger partial charge on any atom is 0.261 e. The topological polar surface area (TPSA) is 103 Å². The normalized spacial score (nSPS) is 21.9. The van der Waals surface area contributed by atoms with Crippen LogP contribution in [0.1, 0.15) is 62.3 Å². The average molecular weight is 583 g/mol. The molecule has 0 radical (unpaired) electrons. The summed E-state index contributed by atoms with van der Waals surface area (Å²) in [6.45, 7) is 2.21. The SMILES string of the molecule is C[C@H]1[C@@H](CSc2cccc[n+]2[O-])O[C@@H](c2ccc(CN3C(=O)c4ccccc4C3=O)cc2)O[C@H]1c1ccc(CO)cc1. The lowest BCUT2D eigenvalue weighted by atomic mass is 9.91. The molecule has 4 aromatic rings. The van der Waals surface area contributed by atoms with Crippen molar-refractivity contribution in [1.29, 1.82) is 0 Å². The summed E-state index contributed by atoms with van der Waals surface area (Å²) in [4.78, 5) is 26.9. The number of fused-ring (bicyclic) bond motifs is 1. The molecule has 1 fully saturated rings. The summed E-state index contributed by atoms with van der Waals surface area (Å²) in [6, 6.07) is 27.4. The van der Waals surface area contributed by atoms with E-state index in [0.29, 0.717) is 21.9 Å². The zero-order valence-corrected chi connectivity index (χ0v) is 23.8. The lowest BCUT2D eigenvalue weighted by molar-refractivity contribution is -0.645. The van der Waals surface area contributed by atoms with E-state index in [9.17, 15) is 19.9 Å². The summed E-state index contributed by atoms with van der Waals surface area (Å²) in [5.74, 6) is -0.0524. The van der Waals surface area contributed by atoms with Crippen molar-refractivity contribution in [2.75, 3.05) is 5.75 Å². The second-order valence-electron chi connectivity index (χ2n) is 10.5. The highest BCUT2D eigenvalue weighted by Gasteiger charge is 2.39. The van der Waals surface area contributed by atoms with Crippen molar-refractivity contribution in [3.05, 3.63) is 136 Å². The number of imide groups is 1. The number of benzene rings is 3. The number of nitrogens with zero attached hydrogens (tertiary/aromatic N) is 2. The Balaban J connectivity index is 1.21. The highest BCUT2D eigenvalue weighted by atomic mass is 32.2. The van der Waals surface area contributed by atoms with Crippen molar-refractivity contribution in [2.45, 2.75) is 43.6 Å². The maximum atomic E-state index is 12.8. The zero-order chi connectivity index (χ0) is 29.2. The first-order valence-electron chi connectivity index (χ1n) is 13.8. The fraction of sp³-hybridized carbons (Fsp3) is 0.242. The molecule has 1 aromatic heterocycles. The smallest absolute Gasteiger partial charge is 0.261 e. The third-order valence-electron chi connectivity index (χ3n) is 7.78. The monoisotopic (exact) mass is 582 g/mol. The number of rotatable bonds is 8. The Kier molecular flexibility index (Phi) is 8.08. The largest absolute Gasteiger partial charge is 0.618 e. The molecule has 3 heterocycles. The molecule has 2 aliphatic rings. The third kappa shape index (κ3) is 5.56. The second-order valence-corrected chi connectivity index (χ2v) is 11.5. The van der Waals surface area contributed by atoms with Gasteiger partial charge in [-0.25, -0.2) is 0 Å². The number of hydrogen-bond acceptors (Lipinski definition) is 7. The number of amides is 2. The predicted octanol–water partition coefficient (Wildman–Crippen LogP) is 5.19. The van der Waals surface area contributed by atoms with Crippen LogP contribution in [0.4, 0.5) is 0 Å². The molecule has 2 aliphatic heterocycles. The van der Waals surface area contributed by atoms with Crippen molar-refractivity contribution < 1.29 is 28.9 Å². The number of thioether (sulfide) groups is 1. The van der Waals surface area contributed by atoms with Crippen LogP contribution in [0.15, 0.2) is 102 Å². The molecule has 0 spiro atoms. The first-order chi connectivity index (χ1) is 20.4. The van der Waals surface area contributed by atoms with E-state index in [1.165, 1.54) is 22.9 Å². The van der Waals surface area contributed by atoms with Gasteiger partial charge in [-0.3, -0.25) is 14.5 Å². The Labute approximate surface area is 248 Å². The van der Waals surface area contributed by atoms with E-state index in [-0.39, 0.29) is 43.1 Å². The number of aliphatic hydroxyl groups is 1. The van der Waals surface area contributed by atoms with Gasteiger partial charge in [0.2, 0.25) is 0 Å². The molecule has 4 atom stereocenters. The van der Waals surface area contributed by atoms with Crippen molar-refractivity contribution in [3.63, 3.8) is 0 Å². The van der Waals surface area contributed by atoms with Gasteiger partial charge >= 0.3 is 0 Å². The third-order valence-corrected chi connectivity index (χ3v) is 8.89. The minimum absolute atomic E-state index is 0.0226. The van der Waals surface area contributed by atoms with Crippen molar-refractivity contribution >= 4 is 23.6 Å². The number of carbonyl (C=O) groups excluding carboxylic acids is 2. The highest BCUT2D eigenvalue weighted by molar-refractivity contribution is 7.99. The maximum absolute atomic E-state index is 12.8. The molecule has 0 unspecified atom stereocenters. The molecule has 1 N–H and O–H groups in total. The van der Waals surface area contributed by atoms with Crippen LogP contribution in [0.25, 0.3) is 0 Å². The summed E-state index contributed by atoms with van der Waals surface area (Å²) in [5, 5.41) is 22.3. The molecule has 0 saturated carbocycles. The van der Waals surface area contributed by atoms with Gasteiger partial charge in [0.05, 0.1) is 36.5 Å². The highest BCUT2D eigenvalue weighted by Crippen LogP contribution is 2.43. The van der Waals surface area contributed by atoms with Crippen LogP contribution >= 0.6 is 11.8 Å². The Hall–Kier alpha value is -4.02. The van der Waals surface area contributed by atoms with Crippen LogP contribution < -0.4 is 4.73 Å².